The number of hydrogen-bond acceptors (Lipinski definition) is 9. The van der Waals surface area contributed by atoms with Crippen molar-refractivity contribution in [3.63, 3.8) is 0 Å². The minimum Gasteiger partial charge on any atom is -0.483 e. The highest BCUT2D eigenvalue weighted by Gasteiger charge is 2.42. The number of anilines is 2. The molecule has 4 rings (SSSR count). The minimum atomic E-state index is -3.78. The number of hydrogen-bond donors (Lipinski definition) is 3. The van der Waals surface area contributed by atoms with E-state index >= 15 is 0 Å². The van der Waals surface area contributed by atoms with Crippen molar-refractivity contribution in [2.75, 3.05) is 30.1 Å². The average molecular weight is 700 g/mol. The number of ether oxygens (including phenoxy) is 1. The lowest BCUT2D eigenvalue weighted by Gasteiger charge is -2.36. The van der Waals surface area contributed by atoms with Gasteiger partial charge in [0, 0.05) is 23.7 Å². The first-order valence-electron chi connectivity index (χ1n) is 15.5. The Morgan fingerprint density at radius 3 is 2.36 bits per heavy atom. The molecule has 47 heavy (non-hydrogen) atoms. The Bertz CT molecular complexity index is 1670. The summed E-state index contributed by atoms with van der Waals surface area (Å²) in [4.78, 5) is 29.1. The van der Waals surface area contributed by atoms with Crippen molar-refractivity contribution in [3.05, 3.63) is 78.4 Å². The third-order valence-electron chi connectivity index (χ3n) is 8.34. The van der Waals surface area contributed by atoms with Crippen LogP contribution in [0.4, 0.5) is 11.4 Å². The molecule has 13 heteroatoms. The summed E-state index contributed by atoms with van der Waals surface area (Å²) in [5.41, 5.74) is -0.615. The molecule has 0 aromatic heterocycles. The first-order valence-corrected chi connectivity index (χ1v) is 19.2. The van der Waals surface area contributed by atoms with Crippen LogP contribution in [-0.2, 0) is 24.0 Å². The molecule has 3 atom stereocenters. The van der Waals surface area contributed by atoms with Gasteiger partial charge in [0.25, 0.3) is 5.91 Å². The Labute approximate surface area is 282 Å². The van der Waals surface area contributed by atoms with Crippen LogP contribution in [0, 0.1) is 5.41 Å². The molecular weight excluding hydrogens is 657 g/mol. The van der Waals surface area contributed by atoms with Gasteiger partial charge in [-0.1, -0.05) is 75.2 Å². The quantitative estimate of drug-likeness (QED) is 0.101. The number of rotatable bonds is 14. The van der Waals surface area contributed by atoms with E-state index in [9.17, 15) is 27.7 Å². The fourth-order valence-electron chi connectivity index (χ4n) is 5.76. The predicted molar refractivity (Wildman–Crippen MR) is 185 cm³/mol. The van der Waals surface area contributed by atoms with E-state index in [1.54, 1.807) is 30.3 Å². The summed E-state index contributed by atoms with van der Waals surface area (Å²) >= 11 is 1.37. The second-order valence-corrected chi connectivity index (χ2v) is 15.8. The average Bonchev–Trinajstić information content (AvgIpc) is 3.16. The van der Waals surface area contributed by atoms with Gasteiger partial charge in [-0.15, -0.1) is 11.8 Å². The van der Waals surface area contributed by atoms with Crippen LogP contribution in [0.5, 0.6) is 5.75 Å². The smallest absolute Gasteiger partial charge is 0.258 e. The fourth-order valence-corrected chi connectivity index (χ4v) is 8.64. The molecule has 3 aromatic carbocycles. The van der Waals surface area contributed by atoms with E-state index in [-0.39, 0.29) is 16.4 Å². The molecule has 0 saturated heterocycles. The maximum absolute atomic E-state index is 14.2. The normalized spacial score (nSPS) is 19.1. The van der Waals surface area contributed by atoms with Gasteiger partial charge in [0.1, 0.15) is 11.8 Å². The Hall–Kier alpha value is -3.44. The molecular formula is C34H42N3O7PS2. The molecule has 0 spiro atoms. The van der Waals surface area contributed by atoms with Gasteiger partial charge in [-0.25, -0.2) is 8.42 Å². The molecule has 3 aromatic rings. The Kier molecular flexibility index (Phi) is 12.1. The van der Waals surface area contributed by atoms with Gasteiger partial charge in [-0.05, 0) is 49.8 Å². The summed E-state index contributed by atoms with van der Waals surface area (Å²) in [5.74, 6) is -1.21. The Balaban J connectivity index is 1.67. The number of carbonyl (C=O) groups is 2. The molecule has 2 unspecified atom stereocenters. The zero-order valence-electron chi connectivity index (χ0n) is 27.1. The summed E-state index contributed by atoms with van der Waals surface area (Å²) in [7, 11) is -4.50. The van der Waals surface area contributed by atoms with Crippen LogP contribution >= 0.6 is 20.2 Å². The molecule has 0 bridgehead atoms. The zero-order chi connectivity index (χ0) is 34.2. The van der Waals surface area contributed by atoms with Gasteiger partial charge in [-0.3, -0.25) is 14.2 Å². The molecule has 1 heterocycles. The Morgan fingerprint density at radius 2 is 1.77 bits per heavy atom. The highest BCUT2D eigenvalue weighted by Crippen LogP contribution is 2.47. The van der Waals surface area contributed by atoms with Crippen molar-refractivity contribution in [1.82, 2.24) is 10.6 Å². The number of thioether (sulfide) groups is 1. The van der Waals surface area contributed by atoms with Crippen molar-refractivity contribution < 1.29 is 32.4 Å². The van der Waals surface area contributed by atoms with Gasteiger partial charge in [0.15, 0.2) is 16.4 Å². The minimum absolute atomic E-state index is 0.00813. The predicted octanol–water partition coefficient (Wildman–Crippen LogP) is 6.23. The zero-order valence-corrected chi connectivity index (χ0v) is 29.6. The maximum Gasteiger partial charge on any atom is 0.258 e. The second kappa shape index (κ2) is 15.6. The molecule has 1 aliphatic rings. The number of sulfone groups is 1. The molecule has 0 fully saturated rings. The summed E-state index contributed by atoms with van der Waals surface area (Å²) < 4.78 is 45.6. The number of nitrogens with one attached hydrogen (secondary N) is 2. The van der Waals surface area contributed by atoms with Gasteiger partial charge >= 0.3 is 0 Å². The van der Waals surface area contributed by atoms with Crippen LogP contribution in [0.1, 0.15) is 58.1 Å². The number of fused-ring (bicyclic) bond motifs is 1. The first-order chi connectivity index (χ1) is 22.4. The molecule has 3 N–H and O–H groups in total. The summed E-state index contributed by atoms with van der Waals surface area (Å²) in [5, 5.41) is 15.0. The molecule has 0 saturated carbocycles. The van der Waals surface area contributed by atoms with E-state index in [2.05, 4.69) is 29.4 Å². The van der Waals surface area contributed by atoms with E-state index in [1.165, 1.54) is 17.8 Å². The standard InChI is InChI=1S/C34H42N3O7PS2/c1-5-7-18-34(6-2)22-37(25-16-12-9-13-17-25)26-19-28(46-4)27(20-29(26)47(42,43)23-34)44-21-30(38)35-31(24-14-10-8-11-15-24)32(39)36-33(3,40)45-41/h8-17,19-20,31,40H,5-7,18,21-23H2,1-4H3,(H,35,38)(H,36,39)/t31-,33?,34?/m1/s1. The SMILES string of the molecule is CCCCC1(CC)CN(c2ccccc2)c2cc(SC)c(OCC(=O)N[C@@H](C(=O)NC(C)(O)P=O)c3ccccc3)cc2S(=O)(=O)C1. The number of benzene rings is 3. The van der Waals surface area contributed by atoms with Crippen molar-refractivity contribution in [3.8, 4) is 5.75 Å². The van der Waals surface area contributed by atoms with E-state index < -0.39 is 53.6 Å². The maximum atomic E-state index is 14.2. The number of unbranched alkanes of at least 4 members (excludes halogenated alkanes) is 1. The van der Waals surface area contributed by atoms with Crippen LogP contribution in [0.25, 0.3) is 0 Å². The lowest BCUT2D eigenvalue weighted by Crippen LogP contribution is -2.48. The van der Waals surface area contributed by atoms with E-state index in [1.807, 2.05) is 42.7 Å². The molecule has 0 radical (unpaired) electrons. The molecule has 1 aliphatic heterocycles. The topological polar surface area (TPSA) is 142 Å². The van der Waals surface area contributed by atoms with Gasteiger partial charge in [0.05, 0.1) is 21.2 Å². The van der Waals surface area contributed by atoms with Crippen molar-refractivity contribution >= 4 is 53.2 Å². The summed E-state index contributed by atoms with van der Waals surface area (Å²) in [6.07, 6.45) is 5.19. The highest BCUT2D eigenvalue weighted by molar-refractivity contribution is 7.98. The Morgan fingerprint density at radius 1 is 1.11 bits per heavy atom. The number of carbonyl (C=O) groups excluding carboxylic acids is 2. The van der Waals surface area contributed by atoms with E-state index in [4.69, 9.17) is 4.74 Å². The monoisotopic (exact) mass is 699 g/mol. The van der Waals surface area contributed by atoms with Crippen LogP contribution in [0.3, 0.4) is 0 Å². The van der Waals surface area contributed by atoms with Crippen LogP contribution in [0.2, 0.25) is 0 Å². The van der Waals surface area contributed by atoms with Crippen LogP contribution in [0.15, 0.2) is 82.6 Å². The number of aliphatic hydroxyl groups is 1. The molecule has 2 amide bonds. The summed E-state index contributed by atoms with van der Waals surface area (Å²) in [6.45, 7) is 5.34. The van der Waals surface area contributed by atoms with Crippen LogP contribution < -0.4 is 20.3 Å². The largest absolute Gasteiger partial charge is 0.483 e. The molecule has 10 nitrogen and oxygen atoms in total. The fraction of sp³-hybridized carbons (Fsp3) is 0.412. The summed E-state index contributed by atoms with van der Waals surface area (Å²) in [6, 6.07) is 20.2. The highest BCUT2D eigenvalue weighted by atomic mass is 32.2. The van der Waals surface area contributed by atoms with Crippen molar-refractivity contribution in [2.24, 2.45) is 5.41 Å². The lowest BCUT2D eigenvalue weighted by molar-refractivity contribution is -0.132. The third-order valence-corrected chi connectivity index (χ3v) is 11.6. The molecule has 252 valence electrons. The third kappa shape index (κ3) is 8.93. The molecule has 0 aliphatic carbocycles. The van der Waals surface area contributed by atoms with E-state index in [0.717, 1.165) is 31.9 Å². The first kappa shape index (κ1) is 36.4. The van der Waals surface area contributed by atoms with Gasteiger partial charge < -0.3 is 25.4 Å². The van der Waals surface area contributed by atoms with Crippen LogP contribution in [-0.4, -0.2) is 56.0 Å². The van der Waals surface area contributed by atoms with Gasteiger partial charge in [0.2, 0.25) is 19.8 Å². The van der Waals surface area contributed by atoms with Gasteiger partial charge in [-0.2, -0.15) is 0 Å². The van der Waals surface area contributed by atoms with Crippen molar-refractivity contribution in [1.29, 1.82) is 0 Å². The second-order valence-electron chi connectivity index (χ2n) is 11.9. The number of nitrogens with zero attached hydrogens (tertiary/aromatic N) is 1. The van der Waals surface area contributed by atoms with E-state index in [0.29, 0.717) is 29.1 Å². The number of amides is 2. The lowest BCUT2D eigenvalue weighted by atomic mass is 9.81. The van der Waals surface area contributed by atoms with Crippen molar-refractivity contribution in [2.45, 2.75) is 67.8 Å². The number of para-hydroxylation sites is 1.